The highest BCUT2D eigenvalue weighted by atomic mass is 19.1. The summed E-state index contributed by atoms with van der Waals surface area (Å²) in [5.74, 6) is -0.505. The number of carbonyl (C=O) groups excluding carboxylic acids is 2. The van der Waals surface area contributed by atoms with Gasteiger partial charge in [-0.25, -0.2) is 9.18 Å². The van der Waals surface area contributed by atoms with Crippen molar-refractivity contribution in [2.45, 2.75) is 26.4 Å². The van der Waals surface area contributed by atoms with Crippen LogP contribution in [0.5, 0.6) is 0 Å². The summed E-state index contributed by atoms with van der Waals surface area (Å²) in [6.45, 7) is 3.93. The zero-order chi connectivity index (χ0) is 13.3. The molecule has 0 aromatic heterocycles. The summed E-state index contributed by atoms with van der Waals surface area (Å²) in [5.41, 5.74) is 0.726. The number of hydrogen-bond acceptors (Lipinski definition) is 2. The third kappa shape index (κ3) is 2.34. The van der Waals surface area contributed by atoms with Crippen LogP contribution in [-0.4, -0.2) is 22.9 Å². The van der Waals surface area contributed by atoms with E-state index in [1.807, 2.05) is 13.8 Å². The molecule has 0 unspecified atom stereocenters. The summed E-state index contributed by atoms with van der Waals surface area (Å²) >= 11 is 0. The second-order valence-corrected chi connectivity index (χ2v) is 4.72. The molecule has 2 rings (SSSR count). The fourth-order valence-electron chi connectivity index (χ4n) is 1.91. The fraction of sp³-hybridized carbons (Fsp3) is 0.385. The van der Waals surface area contributed by atoms with Crippen LogP contribution in [0, 0.1) is 11.7 Å². The van der Waals surface area contributed by atoms with Crippen LogP contribution in [0.1, 0.15) is 19.4 Å². The number of halogens is 1. The van der Waals surface area contributed by atoms with Gasteiger partial charge in [0, 0.05) is 0 Å². The Kier molecular flexibility index (Phi) is 3.32. The van der Waals surface area contributed by atoms with Crippen molar-refractivity contribution in [1.82, 2.24) is 10.2 Å². The van der Waals surface area contributed by atoms with E-state index in [1.165, 1.54) is 12.1 Å². The third-order valence-corrected chi connectivity index (χ3v) is 2.98. The first-order valence-electron chi connectivity index (χ1n) is 5.85. The van der Waals surface area contributed by atoms with E-state index in [1.54, 1.807) is 12.1 Å². The molecule has 0 radical (unpaired) electrons. The minimum absolute atomic E-state index is 0.0552. The average Bonchev–Trinajstić information content (AvgIpc) is 2.60. The van der Waals surface area contributed by atoms with Crippen LogP contribution in [0.4, 0.5) is 9.18 Å². The van der Waals surface area contributed by atoms with Crippen LogP contribution in [0.25, 0.3) is 0 Å². The van der Waals surface area contributed by atoms with Gasteiger partial charge >= 0.3 is 6.03 Å². The van der Waals surface area contributed by atoms with E-state index in [4.69, 9.17) is 0 Å². The first-order valence-corrected chi connectivity index (χ1v) is 5.85. The topological polar surface area (TPSA) is 49.4 Å². The van der Waals surface area contributed by atoms with Crippen molar-refractivity contribution >= 4 is 11.9 Å². The van der Waals surface area contributed by atoms with Crippen LogP contribution in [0.2, 0.25) is 0 Å². The largest absolute Gasteiger partial charge is 0.326 e. The summed E-state index contributed by atoms with van der Waals surface area (Å²) in [6, 6.07) is 4.92. The molecule has 5 heteroatoms. The maximum Gasteiger partial charge on any atom is 0.325 e. The highest BCUT2D eigenvalue weighted by molar-refractivity contribution is 6.04. The lowest BCUT2D eigenvalue weighted by atomic mass is 10.0. The second kappa shape index (κ2) is 4.76. The van der Waals surface area contributed by atoms with Gasteiger partial charge in [0.15, 0.2) is 0 Å². The van der Waals surface area contributed by atoms with Gasteiger partial charge in [-0.2, -0.15) is 0 Å². The Balaban J connectivity index is 2.12. The van der Waals surface area contributed by atoms with Gasteiger partial charge in [0.2, 0.25) is 0 Å². The summed E-state index contributed by atoms with van der Waals surface area (Å²) < 4.78 is 12.8. The van der Waals surface area contributed by atoms with Gasteiger partial charge < -0.3 is 5.32 Å². The number of amides is 3. The smallest absolute Gasteiger partial charge is 0.325 e. The van der Waals surface area contributed by atoms with Crippen molar-refractivity contribution in [3.8, 4) is 0 Å². The zero-order valence-electron chi connectivity index (χ0n) is 10.3. The molecule has 0 saturated carbocycles. The Morgan fingerprint density at radius 1 is 1.28 bits per heavy atom. The lowest BCUT2D eigenvalue weighted by Gasteiger charge is -2.14. The normalized spacial score (nSPS) is 19.6. The molecule has 96 valence electrons. The van der Waals surface area contributed by atoms with Crippen molar-refractivity contribution in [2.24, 2.45) is 5.92 Å². The van der Waals surface area contributed by atoms with Gasteiger partial charge in [0.25, 0.3) is 5.91 Å². The molecular weight excluding hydrogens is 235 g/mol. The van der Waals surface area contributed by atoms with E-state index in [0.29, 0.717) is 0 Å². The number of carbonyl (C=O) groups is 2. The number of imide groups is 1. The molecule has 1 saturated heterocycles. The highest BCUT2D eigenvalue weighted by Gasteiger charge is 2.39. The van der Waals surface area contributed by atoms with Crippen LogP contribution in [-0.2, 0) is 11.3 Å². The van der Waals surface area contributed by atoms with Gasteiger partial charge in [-0.3, -0.25) is 9.69 Å². The van der Waals surface area contributed by atoms with E-state index in [2.05, 4.69) is 5.32 Å². The minimum atomic E-state index is -0.460. The molecule has 1 aromatic rings. The van der Waals surface area contributed by atoms with Gasteiger partial charge in [-0.1, -0.05) is 26.0 Å². The summed E-state index contributed by atoms with van der Waals surface area (Å²) in [7, 11) is 0. The molecule has 3 amide bonds. The summed E-state index contributed by atoms with van der Waals surface area (Å²) in [5, 5.41) is 2.65. The first kappa shape index (κ1) is 12.5. The van der Waals surface area contributed by atoms with Gasteiger partial charge in [-0.05, 0) is 23.6 Å². The Morgan fingerprint density at radius 3 is 2.39 bits per heavy atom. The molecule has 1 aliphatic rings. The maximum atomic E-state index is 12.8. The van der Waals surface area contributed by atoms with Crippen molar-refractivity contribution < 1.29 is 14.0 Å². The Bertz CT molecular complexity index is 470. The van der Waals surface area contributed by atoms with Crippen molar-refractivity contribution in [3.05, 3.63) is 35.6 Å². The Hall–Kier alpha value is -1.91. The molecule has 0 bridgehead atoms. The molecule has 0 aliphatic carbocycles. The van der Waals surface area contributed by atoms with E-state index >= 15 is 0 Å². The lowest BCUT2D eigenvalue weighted by Crippen LogP contribution is -2.34. The summed E-state index contributed by atoms with van der Waals surface area (Å²) in [6.07, 6.45) is 0. The molecule has 1 aromatic carbocycles. The fourth-order valence-corrected chi connectivity index (χ4v) is 1.91. The van der Waals surface area contributed by atoms with Crippen molar-refractivity contribution in [2.75, 3.05) is 0 Å². The molecule has 0 spiro atoms. The highest BCUT2D eigenvalue weighted by Crippen LogP contribution is 2.16. The predicted molar refractivity (Wildman–Crippen MR) is 64.1 cm³/mol. The number of urea groups is 1. The molecule has 1 atom stereocenters. The average molecular weight is 250 g/mol. The first-order chi connectivity index (χ1) is 8.49. The van der Waals surface area contributed by atoms with Crippen molar-refractivity contribution in [3.63, 3.8) is 0 Å². The van der Waals surface area contributed by atoms with Crippen LogP contribution >= 0.6 is 0 Å². The van der Waals surface area contributed by atoms with Crippen LogP contribution in [0.15, 0.2) is 24.3 Å². The van der Waals surface area contributed by atoms with E-state index in [0.717, 1.165) is 10.5 Å². The molecular formula is C13H15FN2O2. The molecule has 1 N–H and O–H groups in total. The number of hydrogen-bond donors (Lipinski definition) is 1. The van der Waals surface area contributed by atoms with Crippen LogP contribution < -0.4 is 5.32 Å². The minimum Gasteiger partial charge on any atom is -0.326 e. The van der Waals surface area contributed by atoms with Gasteiger partial charge in [-0.15, -0.1) is 0 Å². The molecule has 1 heterocycles. The van der Waals surface area contributed by atoms with E-state index in [9.17, 15) is 14.0 Å². The second-order valence-electron chi connectivity index (χ2n) is 4.72. The lowest BCUT2D eigenvalue weighted by molar-refractivity contribution is -0.128. The molecule has 18 heavy (non-hydrogen) atoms. The number of rotatable bonds is 3. The monoisotopic (exact) mass is 250 g/mol. The molecule has 4 nitrogen and oxygen atoms in total. The number of nitrogens with one attached hydrogen (secondary N) is 1. The zero-order valence-corrected chi connectivity index (χ0v) is 10.3. The van der Waals surface area contributed by atoms with Gasteiger partial charge in [0.05, 0.1) is 6.54 Å². The Morgan fingerprint density at radius 2 is 1.89 bits per heavy atom. The van der Waals surface area contributed by atoms with E-state index < -0.39 is 6.04 Å². The van der Waals surface area contributed by atoms with E-state index in [-0.39, 0.29) is 30.2 Å². The quantitative estimate of drug-likeness (QED) is 0.833. The molecule has 1 aliphatic heterocycles. The Labute approximate surface area is 105 Å². The van der Waals surface area contributed by atoms with Gasteiger partial charge in [0.1, 0.15) is 11.9 Å². The number of benzene rings is 1. The third-order valence-electron chi connectivity index (χ3n) is 2.98. The van der Waals surface area contributed by atoms with Crippen LogP contribution in [0.3, 0.4) is 0 Å². The van der Waals surface area contributed by atoms with Crippen molar-refractivity contribution in [1.29, 1.82) is 0 Å². The standard InChI is InChI=1S/C13H15FN2O2/c1-8(2)11-12(17)16(13(18)15-11)7-9-3-5-10(14)6-4-9/h3-6,8,11H,7H2,1-2H3,(H,15,18)/t11-/m1/s1. The number of nitrogens with zero attached hydrogens (tertiary/aromatic N) is 1. The SMILES string of the molecule is CC(C)[C@H]1NC(=O)N(Cc2ccc(F)cc2)C1=O. The maximum absolute atomic E-state index is 12.8. The predicted octanol–water partition coefficient (Wildman–Crippen LogP) is 1.90. The summed E-state index contributed by atoms with van der Waals surface area (Å²) in [4.78, 5) is 24.9. The molecule has 1 fully saturated rings.